The van der Waals surface area contributed by atoms with Gasteiger partial charge in [0.2, 0.25) is 0 Å². The highest BCUT2D eigenvalue weighted by molar-refractivity contribution is 7.16. The van der Waals surface area contributed by atoms with Crippen molar-refractivity contribution in [1.82, 2.24) is 4.57 Å². The second kappa shape index (κ2) is 12.3. The van der Waals surface area contributed by atoms with Crippen LogP contribution in [0.3, 0.4) is 0 Å². The summed E-state index contributed by atoms with van der Waals surface area (Å²) in [6.07, 6.45) is -0.594. The number of carbonyl (C=O) groups is 1. The Hall–Kier alpha value is -3.95. The largest absolute Gasteiger partial charge is 0.492 e. The second-order valence-electron chi connectivity index (χ2n) is 8.17. The first-order valence-corrected chi connectivity index (χ1v) is 12.7. The Kier molecular flexibility index (Phi) is 8.71. The molecule has 0 amide bonds. The minimum Gasteiger partial charge on any atom is -0.492 e. The number of oxime groups is 1. The predicted molar refractivity (Wildman–Crippen MR) is 144 cm³/mol. The molecule has 8 nitrogen and oxygen atoms in total. The van der Waals surface area contributed by atoms with E-state index in [1.54, 1.807) is 23.6 Å². The maximum absolute atomic E-state index is 12.7. The molecule has 1 unspecified atom stereocenters. The van der Waals surface area contributed by atoms with E-state index in [1.165, 1.54) is 18.4 Å². The third-order valence-electron chi connectivity index (χ3n) is 5.74. The lowest BCUT2D eigenvalue weighted by Gasteiger charge is -2.13. The molecule has 0 spiro atoms. The van der Waals surface area contributed by atoms with E-state index in [2.05, 4.69) is 5.16 Å². The molecular weight excluding hydrogens is 492 g/mol. The number of ether oxygens (including phenoxy) is 2. The number of aromatic nitrogens is 1. The van der Waals surface area contributed by atoms with Gasteiger partial charge in [0.1, 0.15) is 25.2 Å². The summed E-state index contributed by atoms with van der Waals surface area (Å²) < 4.78 is 13.7. The number of carboxylic acid groups (broad SMARTS) is 1. The van der Waals surface area contributed by atoms with Crippen LogP contribution in [0.2, 0.25) is 0 Å². The fraction of sp³-hybridized carbons (Fsp3) is 0.250. The summed E-state index contributed by atoms with van der Waals surface area (Å²) in [5.74, 6) is -0.338. The molecule has 192 valence electrons. The van der Waals surface area contributed by atoms with Crippen molar-refractivity contribution in [3.8, 4) is 5.75 Å². The number of hydrogen-bond donors (Lipinski definition) is 1. The molecule has 0 saturated carbocycles. The fourth-order valence-electron chi connectivity index (χ4n) is 3.99. The summed E-state index contributed by atoms with van der Waals surface area (Å²) in [4.78, 5) is 29.0. The first kappa shape index (κ1) is 26.1. The van der Waals surface area contributed by atoms with Gasteiger partial charge in [-0.05, 0) is 36.8 Å². The lowest BCUT2D eigenvalue weighted by atomic mass is 10.0. The minimum atomic E-state index is -0.981. The topological polar surface area (TPSA) is 99.4 Å². The van der Waals surface area contributed by atoms with Crippen molar-refractivity contribution in [2.24, 2.45) is 5.16 Å². The number of fused-ring (bicyclic) bond motifs is 1. The summed E-state index contributed by atoms with van der Waals surface area (Å²) in [6.45, 7) is 2.81. The van der Waals surface area contributed by atoms with Crippen molar-refractivity contribution in [3.05, 3.63) is 99.2 Å². The van der Waals surface area contributed by atoms with E-state index in [1.807, 2.05) is 60.7 Å². The summed E-state index contributed by atoms with van der Waals surface area (Å²) in [5.41, 5.74) is 4.15. The molecule has 3 aromatic carbocycles. The maximum Gasteiger partial charge on any atom is 0.333 e. The first-order valence-electron chi connectivity index (χ1n) is 11.9. The molecule has 37 heavy (non-hydrogen) atoms. The van der Waals surface area contributed by atoms with Gasteiger partial charge in [-0.25, -0.2) is 4.79 Å². The quantitative estimate of drug-likeness (QED) is 0.217. The average Bonchev–Trinajstić information content (AvgIpc) is 3.22. The van der Waals surface area contributed by atoms with Crippen molar-refractivity contribution in [1.29, 1.82) is 0 Å². The van der Waals surface area contributed by atoms with Crippen molar-refractivity contribution in [2.45, 2.75) is 26.0 Å². The van der Waals surface area contributed by atoms with Gasteiger partial charge in [0.25, 0.3) is 0 Å². The number of benzene rings is 3. The van der Waals surface area contributed by atoms with E-state index in [-0.39, 0.29) is 11.3 Å². The van der Waals surface area contributed by atoms with Crippen molar-refractivity contribution >= 4 is 33.2 Å². The highest BCUT2D eigenvalue weighted by Crippen LogP contribution is 2.22. The van der Waals surface area contributed by atoms with Crippen LogP contribution in [0.25, 0.3) is 10.2 Å². The van der Waals surface area contributed by atoms with Crippen LogP contribution in [0.15, 0.2) is 82.7 Å². The van der Waals surface area contributed by atoms with Gasteiger partial charge in [0.05, 0.1) is 16.8 Å². The summed E-state index contributed by atoms with van der Waals surface area (Å²) in [5, 5.41) is 13.5. The summed E-state index contributed by atoms with van der Waals surface area (Å²) in [7, 11) is 1.51. The van der Waals surface area contributed by atoms with E-state index < -0.39 is 12.1 Å². The molecule has 0 aliphatic heterocycles. The zero-order chi connectivity index (χ0) is 26.2. The van der Waals surface area contributed by atoms with Gasteiger partial charge < -0.3 is 19.4 Å². The third-order valence-corrected chi connectivity index (χ3v) is 6.68. The van der Waals surface area contributed by atoms with Crippen LogP contribution < -0.4 is 9.61 Å². The minimum absolute atomic E-state index is 0.0633. The Bertz CT molecular complexity index is 1430. The van der Waals surface area contributed by atoms with Gasteiger partial charge in [-0.2, -0.15) is 0 Å². The van der Waals surface area contributed by atoms with E-state index in [4.69, 9.17) is 14.3 Å². The van der Waals surface area contributed by atoms with E-state index in [9.17, 15) is 14.7 Å². The molecule has 1 aromatic heterocycles. The van der Waals surface area contributed by atoms with Crippen LogP contribution in [0.5, 0.6) is 5.75 Å². The third kappa shape index (κ3) is 6.44. The van der Waals surface area contributed by atoms with Gasteiger partial charge >= 0.3 is 10.8 Å². The molecule has 1 N–H and O–H groups in total. The van der Waals surface area contributed by atoms with Crippen LogP contribution in [-0.2, 0) is 27.3 Å². The number of hydrogen-bond acceptors (Lipinski definition) is 7. The van der Waals surface area contributed by atoms with Gasteiger partial charge in [-0.3, -0.25) is 9.36 Å². The van der Waals surface area contributed by atoms with Crippen molar-refractivity contribution in [2.75, 3.05) is 20.3 Å². The van der Waals surface area contributed by atoms with Crippen LogP contribution >= 0.6 is 11.3 Å². The monoisotopic (exact) mass is 520 g/mol. The van der Waals surface area contributed by atoms with Crippen molar-refractivity contribution in [3.63, 3.8) is 0 Å². The standard InChI is InChI=1S/C28H28N2O6S/c1-3-35-24(27(31)32)17-19-9-12-22(13-10-19)36-16-15-30-23-14-11-21(18-25(23)37-28(30)33)26(29-34-2)20-7-5-4-6-8-20/h4-14,18,24H,3,15-17H2,1-2H3,(H,31,32). The molecule has 1 atom stereocenters. The van der Waals surface area contributed by atoms with Crippen LogP contribution in [-0.4, -0.2) is 47.8 Å². The zero-order valence-electron chi connectivity index (χ0n) is 20.6. The van der Waals surface area contributed by atoms with E-state index >= 15 is 0 Å². The molecule has 9 heteroatoms. The molecular formula is C28H28N2O6S. The number of aliphatic carboxylic acids is 1. The Morgan fingerprint density at radius 3 is 2.49 bits per heavy atom. The zero-order valence-corrected chi connectivity index (χ0v) is 21.4. The molecule has 4 aromatic rings. The molecule has 0 radical (unpaired) electrons. The second-order valence-corrected chi connectivity index (χ2v) is 9.16. The Morgan fingerprint density at radius 1 is 1.05 bits per heavy atom. The summed E-state index contributed by atoms with van der Waals surface area (Å²) in [6, 6.07) is 22.8. The highest BCUT2D eigenvalue weighted by atomic mass is 32.1. The Labute approximate surface area is 218 Å². The molecule has 0 fully saturated rings. The average molecular weight is 521 g/mol. The van der Waals surface area contributed by atoms with E-state index in [0.29, 0.717) is 31.2 Å². The van der Waals surface area contributed by atoms with Crippen LogP contribution in [0, 0.1) is 0 Å². The van der Waals surface area contributed by atoms with Crippen molar-refractivity contribution < 1.29 is 24.2 Å². The first-order chi connectivity index (χ1) is 18.0. The van der Waals surface area contributed by atoms with Gasteiger partial charge in [0, 0.05) is 24.2 Å². The molecule has 0 aliphatic rings. The normalized spacial score (nSPS) is 12.4. The molecule has 1 heterocycles. The molecule has 0 saturated heterocycles. The number of rotatable bonds is 12. The lowest BCUT2D eigenvalue weighted by molar-refractivity contribution is -0.149. The molecule has 0 bridgehead atoms. The summed E-state index contributed by atoms with van der Waals surface area (Å²) >= 11 is 1.18. The van der Waals surface area contributed by atoms with Crippen LogP contribution in [0.1, 0.15) is 23.6 Å². The fourth-order valence-corrected chi connectivity index (χ4v) is 4.95. The smallest absolute Gasteiger partial charge is 0.333 e. The lowest BCUT2D eigenvalue weighted by Crippen LogP contribution is -2.26. The molecule has 0 aliphatic carbocycles. The Balaban J connectivity index is 1.43. The number of thiazole rings is 1. The highest BCUT2D eigenvalue weighted by Gasteiger charge is 2.18. The predicted octanol–water partition coefficient (Wildman–Crippen LogP) is 4.57. The maximum atomic E-state index is 12.7. The SMILES string of the molecule is CCOC(Cc1ccc(OCCn2c(=O)sc3cc(C(=NOC)c4ccccc4)ccc32)cc1)C(=O)O. The number of carboxylic acids is 1. The van der Waals surface area contributed by atoms with Gasteiger partial charge in [-0.1, -0.05) is 65.0 Å². The van der Waals surface area contributed by atoms with Gasteiger partial charge in [0.15, 0.2) is 6.10 Å². The van der Waals surface area contributed by atoms with E-state index in [0.717, 1.165) is 26.9 Å². The van der Waals surface area contributed by atoms with Crippen LogP contribution in [0.4, 0.5) is 0 Å². The number of nitrogens with zero attached hydrogens (tertiary/aromatic N) is 2. The molecule has 4 rings (SSSR count). The Morgan fingerprint density at radius 2 is 1.81 bits per heavy atom. The van der Waals surface area contributed by atoms with Gasteiger partial charge in [-0.15, -0.1) is 0 Å².